The first kappa shape index (κ1) is 22.0. The van der Waals surface area contributed by atoms with Gasteiger partial charge >= 0.3 is 12.6 Å². The monoisotopic (exact) mass is 423 g/mol. The van der Waals surface area contributed by atoms with Gasteiger partial charge in [0.05, 0.1) is 0 Å². The van der Waals surface area contributed by atoms with Gasteiger partial charge in [-0.2, -0.15) is 8.78 Å². The van der Waals surface area contributed by atoms with Crippen molar-refractivity contribution in [3.8, 4) is 5.75 Å². The molecule has 1 heterocycles. The Hall–Kier alpha value is -2.71. The number of imide groups is 1. The first-order valence-electron chi connectivity index (χ1n) is 9.99. The molecule has 1 saturated carbocycles. The topological polar surface area (TPSA) is 87.7 Å². The van der Waals surface area contributed by atoms with Gasteiger partial charge in [-0.25, -0.2) is 4.79 Å². The number of anilines is 1. The maximum atomic E-state index is 13.0. The third-order valence-electron chi connectivity index (χ3n) is 5.97. The normalized spacial score (nSPS) is 24.3. The molecule has 1 aliphatic carbocycles. The molecule has 9 heteroatoms. The van der Waals surface area contributed by atoms with Crippen LogP contribution < -0.4 is 15.4 Å². The van der Waals surface area contributed by atoms with E-state index < -0.39 is 30.6 Å². The zero-order valence-electron chi connectivity index (χ0n) is 17.3. The number of carbonyl (C=O) groups is 3. The minimum Gasteiger partial charge on any atom is -0.435 e. The van der Waals surface area contributed by atoms with E-state index in [4.69, 9.17) is 0 Å². The fourth-order valence-electron chi connectivity index (χ4n) is 4.20. The molecular formula is C21H27F2N3O4. The first-order chi connectivity index (χ1) is 14.0. The number of benzene rings is 1. The largest absolute Gasteiger partial charge is 0.435 e. The highest BCUT2D eigenvalue weighted by Gasteiger charge is 2.53. The quantitative estimate of drug-likeness (QED) is 0.706. The van der Waals surface area contributed by atoms with Crippen LogP contribution in [-0.4, -0.2) is 41.4 Å². The van der Waals surface area contributed by atoms with Gasteiger partial charge in [0.25, 0.3) is 5.91 Å². The summed E-state index contributed by atoms with van der Waals surface area (Å²) in [4.78, 5) is 38.6. The molecule has 1 aliphatic heterocycles. The van der Waals surface area contributed by atoms with E-state index in [1.54, 1.807) is 0 Å². The molecule has 2 fully saturated rings. The summed E-state index contributed by atoms with van der Waals surface area (Å²) in [7, 11) is 0. The summed E-state index contributed by atoms with van der Waals surface area (Å²) in [6, 6.07) is 4.81. The summed E-state index contributed by atoms with van der Waals surface area (Å²) >= 11 is 0. The van der Waals surface area contributed by atoms with Crippen molar-refractivity contribution >= 4 is 23.5 Å². The number of alkyl halides is 2. The maximum absolute atomic E-state index is 13.0. The van der Waals surface area contributed by atoms with Crippen molar-refractivity contribution in [3.05, 3.63) is 24.3 Å². The molecule has 0 aromatic heterocycles. The van der Waals surface area contributed by atoms with E-state index in [1.165, 1.54) is 24.3 Å². The SMILES string of the molecule is CC(C)(C)C1CCC2(CC1)NC(=O)N(CC(=O)Nc1ccc(OC(F)F)cc1)C2=O. The van der Waals surface area contributed by atoms with Gasteiger partial charge in [-0.05, 0) is 61.3 Å². The molecule has 0 unspecified atom stereocenters. The van der Waals surface area contributed by atoms with Crippen molar-refractivity contribution < 1.29 is 27.9 Å². The van der Waals surface area contributed by atoms with Gasteiger partial charge in [0.2, 0.25) is 5.91 Å². The van der Waals surface area contributed by atoms with E-state index in [-0.39, 0.29) is 17.1 Å². The summed E-state index contributed by atoms with van der Waals surface area (Å²) in [6.07, 6.45) is 2.79. The molecule has 0 atom stereocenters. The lowest BCUT2D eigenvalue weighted by Gasteiger charge is -2.40. The number of nitrogens with one attached hydrogen (secondary N) is 2. The van der Waals surface area contributed by atoms with Crippen molar-refractivity contribution in [1.82, 2.24) is 10.2 Å². The summed E-state index contributed by atoms with van der Waals surface area (Å²) in [5, 5.41) is 5.36. The second-order valence-electron chi connectivity index (χ2n) is 8.99. The predicted molar refractivity (Wildman–Crippen MR) is 106 cm³/mol. The van der Waals surface area contributed by atoms with Crippen LogP contribution in [0.3, 0.4) is 0 Å². The summed E-state index contributed by atoms with van der Waals surface area (Å²) in [5.41, 5.74) is -0.440. The number of amides is 4. The number of urea groups is 1. The summed E-state index contributed by atoms with van der Waals surface area (Å²) < 4.78 is 28.6. The predicted octanol–water partition coefficient (Wildman–Crippen LogP) is 3.75. The van der Waals surface area contributed by atoms with Gasteiger partial charge in [-0.15, -0.1) is 0 Å². The lowest BCUT2D eigenvalue weighted by Crippen LogP contribution is -2.50. The second-order valence-corrected chi connectivity index (χ2v) is 8.99. The Kier molecular flexibility index (Phi) is 6.01. The van der Waals surface area contributed by atoms with Gasteiger partial charge in [0.15, 0.2) is 0 Å². The molecular weight excluding hydrogens is 396 g/mol. The van der Waals surface area contributed by atoms with Crippen molar-refractivity contribution in [1.29, 1.82) is 0 Å². The molecule has 164 valence electrons. The Morgan fingerprint density at radius 1 is 1.23 bits per heavy atom. The minimum atomic E-state index is -2.93. The third kappa shape index (κ3) is 4.71. The minimum absolute atomic E-state index is 0.0371. The van der Waals surface area contributed by atoms with E-state index in [0.29, 0.717) is 24.4 Å². The highest BCUT2D eigenvalue weighted by Crippen LogP contribution is 2.43. The Morgan fingerprint density at radius 2 is 1.83 bits per heavy atom. The van der Waals surface area contributed by atoms with Crippen molar-refractivity contribution in [3.63, 3.8) is 0 Å². The van der Waals surface area contributed by atoms with E-state index in [0.717, 1.165) is 17.7 Å². The summed E-state index contributed by atoms with van der Waals surface area (Å²) in [5.74, 6) is -0.482. The number of hydrogen-bond donors (Lipinski definition) is 2. The van der Waals surface area contributed by atoms with Crippen LogP contribution in [0.15, 0.2) is 24.3 Å². The van der Waals surface area contributed by atoms with Gasteiger partial charge in [0.1, 0.15) is 17.8 Å². The standard InChI is InChI=1S/C21H27F2N3O4/c1-20(2,3)13-8-10-21(11-9-13)17(28)26(19(29)25-21)12-16(27)24-14-4-6-15(7-5-14)30-18(22)23/h4-7,13,18H,8-12H2,1-3H3,(H,24,27)(H,25,29). The van der Waals surface area contributed by atoms with Crippen LogP contribution in [-0.2, 0) is 9.59 Å². The lowest BCUT2D eigenvalue weighted by molar-refractivity contribution is -0.135. The molecule has 7 nitrogen and oxygen atoms in total. The Balaban J connectivity index is 1.58. The number of halogens is 2. The smallest absolute Gasteiger partial charge is 0.387 e. The van der Waals surface area contributed by atoms with Crippen LogP contribution in [0.1, 0.15) is 46.5 Å². The molecule has 1 spiro atoms. The van der Waals surface area contributed by atoms with Gasteiger partial charge in [-0.3, -0.25) is 14.5 Å². The Morgan fingerprint density at radius 3 is 2.37 bits per heavy atom. The molecule has 4 amide bonds. The molecule has 30 heavy (non-hydrogen) atoms. The van der Waals surface area contributed by atoms with Gasteiger partial charge < -0.3 is 15.4 Å². The fourth-order valence-corrected chi connectivity index (χ4v) is 4.20. The molecule has 3 rings (SSSR count). The number of rotatable bonds is 5. The zero-order valence-corrected chi connectivity index (χ0v) is 17.3. The fraction of sp³-hybridized carbons (Fsp3) is 0.571. The molecule has 1 aromatic rings. The van der Waals surface area contributed by atoms with E-state index in [2.05, 4.69) is 36.1 Å². The van der Waals surface area contributed by atoms with Gasteiger partial charge in [-0.1, -0.05) is 20.8 Å². The van der Waals surface area contributed by atoms with Crippen molar-refractivity contribution in [2.75, 3.05) is 11.9 Å². The molecule has 2 N–H and O–H groups in total. The molecule has 1 saturated heterocycles. The molecule has 2 aliphatic rings. The van der Waals surface area contributed by atoms with E-state index in [1.807, 2.05) is 0 Å². The van der Waals surface area contributed by atoms with Crippen LogP contribution in [0.25, 0.3) is 0 Å². The Labute approximate surface area is 174 Å². The van der Waals surface area contributed by atoms with Crippen molar-refractivity contribution in [2.24, 2.45) is 11.3 Å². The average molecular weight is 423 g/mol. The summed E-state index contributed by atoms with van der Waals surface area (Å²) in [6.45, 7) is 3.18. The molecule has 0 bridgehead atoms. The second kappa shape index (κ2) is 8.20. The lowest BCUT2D eigenvalue weighted by atomic mass is 9.67. The molecule has 0 radical (unpaired) electrons. The third-order valence-corrected chi connectivity index (χ3v) is 5.97. The van der Waals surface area contributed by atoms with Crippen LogP contribution in [0.4, 0.5) is 19.3 Å². The molecule has 1 aromatic carbocycles. The van der Waals surface area contributed by atoms with E-state index in [9.17, 15) is 23.2 Å². The zero-order chi connectivity index (χ0) is 22.1. The Bertz CT molecular complexity index is 813. The highest BCUT2D eigenvalue weighted by atomic mass is 19.3. The van der Waals surface area contributed by atoms with Crippen LogP contribution in [0, 0.1) is 11.3 Å². The highest BCUT2D eigenvalue weighted by molar-refractivity contribution is 6.10. The number of carbonyl (C=O) groups excluding carboxylic acids is 3. The van der Waals surface area contributed by atoms with Crippen LogP contribution in [0.5, 0.6) is 5.75 Å². The van der Waals surface area contributed by atoms with Crippen LogP contribution in [0.2, 0.25) is 0 Å². The number of nitrogens with zero attached hydrogens (tertiary/aromatic N) is 1. The maximum Gasteiger partial charge on any atom is 0.387 e. The number of ether oxygens (including phenoxy) is 1. The van der Waals surface area contributed by atoms with Crippen LogP contribution >= 0.6 is 0 Å². The van der Waals surface area contributed by atoms with Crippen molar-refractivity contribution in [2.45, 2.75) is 58.6 Å². The number of hydrogen-bond acceptors (Lipinski definition) is 4. The van der Waals surface area contributed by atoms with Gasteiger partial charge in [0, 0.05) is 5.69 Å². The average Bonchev–Trinajstić information content (AvgIpc) is 2.87. The van der Waals surface area contributed by atoms with E-state index >= 15 is 0 Å². The first-order valence-corrected chi connectivity index (χ1v) is 9.99.